The summed E-state index contributed by atoms with van der Waals surface area (Å²) >= 11 is 2.16. The third-order valence-electron chi connectivity index (χ3n) is 3.29. The van der Waals surface area contributed by atoms with Crippen LogP contribution >= 0.6 is 22.6 Å². The second kappa shape index (κ2) is 7.01. The zero-order valence-electron chi connectivity index (χ0n) is 10.8. The quantitative estimate of drug-likeness (QED) is 0.778. The second-order valence-electron chi connectivity index (χ2n) is 4.75. The normalized spacial score (nSPS) is 17.5. The van der Waals surface area contributed by atoms with E-state index >= 15 is 0 Å². The van der Waals surface area contributed by atoms with Gasteiger partial charge in [-0.25, -0.2) is 13.1 Å². The highest BCUT2D eigenvalue weighted by atomic mass is 127. The minimum atomic E-state index is -3.36. The Bertz CT molecular complexity index is 496. The fourth-order valence-electron chi connectivity index (χ4n) is 2.22. The van der Waals surface area contributed by atoms with Crippen LogP contribution in [0.4, 0.5) is 0 Å². The van der Waals surface area contributed by atoms with Gasteiger partial charge in [0.15, 0.2) is 0 Å². The van der Waals surface area contributed by atoms with Gasteiger partial charge in [0, 0.05) is 16.7 Å². The van der Waals surface area contributed by atoms with Crippen LogP contribution in [-0.2, 0) is 10.0 Å². The Morgan fingerprint density at radius 3 is 2.37 bits per heavy atom. The van der Waals surface area contributed by atoms with Crippen LogP contribution in [0, 0.1) is 3.57 Å². The Morgan fingerprint density at radius 1 is 1.11 bits per heavy atom. The lowest BCUT2D eigenvalue weighted by molar-refractivity contribution is 0.233. The Hall–Kier alpha value is -0.180. The van der Waals surface area contributed by atoms with Gasteiger partial charge in [0.05, 0.1) is 4.90 Å². The van der Waals surface area contributed by atoms with E-state index in [0.29, 0.717) is 11.4 Å². The highest BCUT2D eigenvalue weighted by Gasteiger charge is 2.15. The minimum Gasteiger partial charge on any atom is -0.302 e. The van der Waals surface area contributed by atoms with Crippen molar-refractivity contribution in [3.8, 4) is 0 Å². The smallest absolute Gasteiger partial charge is 0.240 e. The third kappa shape index (κ3) is 4.70. The van der Waals surface area contributed by atoms with Crippen LogP contribution in [-0.4, -0.2) is 39.5 Å². The first-order valence-electron chi connectivity index (χ1n) is 6.55. The molecule has 0 aromatic heterocycles. The molecule has 1 saturated heterocycles. The summed E-state index contributed by atoms with van der Waals surface area (Å²) in [6.45, 7) is 3.45. The van der Waals surface area contributed by atoms with Crippen molar-refractivity contribution in [3.63, 3.8) is 0 Å². The molecule has 1 fully saturated rings. The number of sulfonamides is 1. The first-order chi connectivity index (χ1) is 9.08. The molecule has 1 aliphatic rings. The zero-order chi connectivity index (χ0) is 13.7. The van der Waals surface area contributed by atoms with E-state index in [1.807, 2.05) is 0 Å². The monoisotopic (exact) mass is 394 g/mol. The summed E-state index contributed by atoms with van der Waals surface area (Å²) < 4.78 is 27.8. The molecule has 1 aliphatic heterocycles. The molecular weight excluding hydrogens is 375 g/mol. The molecule has 1 aromatic rings. The summed E-state index contributed by atoms with van der Waals surface area (Å²) in [4.78, 5) is 2.66. The van der Waals surface area contributed by atoms with Crippen LogP contribution in [0.1, 0.15) is 19.3 Å². The molecule has 0 saturated carbocycles. The van der Waals surface area contributed by atoms with E-state index in [0.717, 1.165) is 23.2 Å². The molecule has 0 spiro atoms. The molecule has 0 atom stereocenters. The Morgan fingerprint density at radius 2 is 1.74 bits per heavy atom. The average molecular weight is 394 g/mol. The van der Waals surface area contributed by atoms with Gasteiger partial charge in [-0.05, 0) is 72.8 Å². The van der Waals surface area contributed by atoms with Crippen molar-refractivity contribution in [2.45, 2.75) is 24.2 Å². The molecule has 1 aromatic carbocycles. The summed E-state index contributed by atoms with van der Waals surface area (Å²) in [5.41, 5.74) is 0. The first-order valence-corrected chi connectivity index (χ1v) is 9.12. The zero-order valence-corrected chi connectivity index (χ0v) is 13.8. The Labute approximate surface area is 128 Å². The maximum Gasteiger partial charge on any atom is 0.240 e. The maximum atomic E-state index is 12.1. The topological polar surface area (TPSA) is 49.4 Å². The highest BCUT2D eigenvalue weighted by molar-refractivity contribution is 14.1. The van der Waals surface area contributed by atoms with Crippen molar-refractivity contribution >= 4 is 32.6 Å². The number of nitrogens with one attached hydrogen (secondary N) is 1. The van der Waals surface area contributed by atoms with Gasteiger partial charge in [0.25, 0.3) is 0 Å². The van der Waals surface area contributed by atoms with Gasteiger partial charge in [0.1, 0.15) is 0 Å². The van der Waals surface area contributed by atoms with Gasteiger partial charge in [-0.3, -0.25) is 0 Å². The van der Waals surface area contributed by atoms with Gasteiger partial charge in [-0.1, -0.05) is 6.42 Å². The Balaban J connectivity index is 1.85. The number of piperidine rings is 1. The number of halogens is 1. The third-order valence-corrected chi connectivity index (χ3v) is 5.49. The van der Waals surface area contributed by atoms with Crippen LogP contribution < -0.4 is 4.72 Å². The molecule has 0 bridgehead atoms. The molecule has 0 aliphatic carbocycles. The van der Waals surface area contributed by atoms with Crippen LogP contribution in [0.25, 0.3) is 0 Å². The SMILES string of the molecule is O=S(=O)(NCCN1CCCCC1)c1ccc(I)cc1. The number of nitrogens with zero attached hydrogens (tertiary/aromatic N) is 1. The lowest BCUT2D eigenvalue weighted by atomic mass is 10.1. The molecule has 1 N–H and O–H groups in total. The minimum absolute atomic E-state index is 0.339. The van der Waals surface area contributed by atoms with Crippen molar-refractivity contribution in [2.75, 3.05) is 26.2 Å². The fourth-order valence-corrected chi connectivity index (χ4v) is 3.60. The van der Waals surface area contributed by atoms with Crippen molar-refractivity contribution in [2.24, 2.45) is 0 Å². The molecular formula is C13H19IN2O2S. The number of rotatable bonds is 5. The largest absolute Gasteiger partial charge is 0.302 e. The summed E-state index contributed by atoms with van der Waals surface area (Å²) in [6.07, 6.45) is 3.75. The van der Waals surface area contributed by atoms with Crippen molar-refractivity contribution in [1.29, 1.82) is 0 Å². The summed E-state index contributed by atoms with van der Waals surface area (Å²) in [7, 11) is -3.36. The van der Waals surface area contributed by atoms with Crippen molar-refractivity contribution in [3.05, 3.63) is 27.8 Å². The van der Waals surface area contributed by atoms with Gasteiger partial charge < -0.3 is 4.90 Å². The maximum absolute atomic E-state index is 12.1. The molecule has 6 heteroatoms. The van der Waals surface area contributed by atoms with E-state index in [1.165, 1.54) is 19.3 Å². The summed E-state index contributed by atoms with van der Waals surface area (Å²) in [5.74, 6) is 0. The standard InChI is InChI=1S/C13H19IN2O2S/c14-12-4-6-13(7-5-12)19(17,18)15-8-11-16-9-2-1-3-10-16/h4-7,15H,1-3,8-11H2. The lowest BCUT2D eigenvalue weighted by Crippen LogP contribution is -2.37. The van der Waals surface area contributed by atoms with Crippen molar-refractivity contribution in [1.82, 2.24) is 9.62 Å². The molecule has 0 radical (unpaired) electrons. The van der Waals surface area contributed by atoms with E-state index in [9.17, 15) is 8.42 Å². The van der Waals surface area contributed by atoms with E-state index in [1.54, 1.807) is 24.3 Å². The predicted octanol–water partition coefficient (Wildman–Crippen LogP) is 2.06. The fraction of sp³-hybridized carbons (Fsp3) is 0.538. The number of hydrogen-bond donors (Lipinski definition) is 1. The number of hydrogen-bond acceptors (Lipinski definition) is 3. The number of likely N-dealkylation sites (tertiary alicyclic amines) is 1. The van der Waals surface area contributed by atoms with Crippen LogP contribution in [0.2, 0.25) is 0 Å². The van der Waals surface area contributed by atoms with Gasteiger partial charge >= 0.3 is 0 Å². The molecule has 2 rings (SSSR count). The van der Waals surface area contributed by atoms with Crippen molar-refractivity contribution < 1.29 is 8.42 Å². The molecule has 0 unspecified atom stereocenters. The number of benzene rings is 1. The van der Waals surface area contributed by atoms with E-state index in [4.69, 9.17) is 0 Å². The van der Waals surface area contributed by atoms with E-state index in [-0.39, 0.29) is 0 Å². The van der Waals surface area contributed by atoms with Gasteiger partial charge in [-0.15, -0.1) is 0 Å². The second-order valence-corrected chi connectivity index (χ2v) is 7.77. The molecule has 4 nitrogen and oxygen atoms in total. The van der Waals surface area contributed by atoms with E-state index < -0.39 is 10.0 Å². The molecule has 19 heavy (non-hydrogen) atoms. The van der Waals surface area contributed by atoms with Crippen LogP contribution in [0.15, 0.2) is 29.2 Å². The predicted molar refractivity (Wildman–Crippen MR) is 84.6 cm³/mol. The summed E-state index contributed by atoms with van der Waals surface area (Å²) in [5, 5.41) is 0. The average Bonchev–Trinajstić information content (AvgIpc) is 2.40. The van der Waals surface area contributed by atoms with Gasteiger partial charge in [0.2, 0.25) is 10.0 Å². The molecule has 0 amide bonds. The molecule has 106 valence electrons. The van der Waals surface area contributed by atoms with Gasteiger partial charge in [-0.2, -0.15) is 0 Å². The Kier molecular flexibility index (Phi) is 5.61. The molecule has 1 heterocycles. The van der Waals surface area contributed by atoms with E-state index in [2.05, 4.69) is 32.2 Å². The first kappa shape index (κ1) is 15.2. The highest BCUT2D eigenvalue weighted by Crippen LogP contribution is 2.12. The van der Waals surface area contributed by atoms with Crippen LogP contribution in [0.5, 0.6) is 0 Å². The summed E-state index contributed by atoms with van der Waals surface area (Å²) in [6, 6.07) is 6.90. The lowest BCUT2D eigenvalue weighted by Gasteiger charge is -2.26. The van der Waals surface area contributed by atoms with Crippen LogP contribution in [0.3, 0.4) is 0 Å².